The van der Waals surface area contributed by atoms with Gasteiger partial charge < -0.3 is 39.9 Å². The maximum absolute atomic E-state index is 14.1. The Balaban J connectivity index is 0.946. The van der Waals surface area contributed by atoms with E-state index in [0.717, 1.165) is 76.9 Å². The van der Waals surface area contributed by atoms with Crippen molar-refractivity contribution >= 4 is 35.0 Å². The van der Waals surface area contributed by atoms with E-state index in [9.17, 15) is 19.2 Å². The first-order valence-electron chi connectivity index (χ1n) is 21.0. The highest BCUT2D eigenvalue weighted by Crippen LogP contribution is 2.58. The quantitative estimate of drug-likeness (QED) is 0.109. The van der Waals surface area contributed by atoms with E-state index >= 15 is 0 Å². The van der Waals surface area contributed by atoms with Gasteiger partial charge in [-0.25, -0.2) is 19.6 Å². The van der Waals surface area contributed by atoms with Crippen LogP contribution in [0, 0.1) is 23.2 Å². The Morgan fingerprint density at radius 1 is 0.803 bits per heavy atom. The third-order valence-corrected chi connectivity index (χ3v) is 12.5. The zero-order valence-electron chi connectivity index (χ0n) is 35.2. The van der Waals surface area contributed by atoms with Crippen molar-refractivity contribution in [2.24, 2.45) is 11.3 Å². The monoisotopic (exact) mass is 824 g/mol. The highest BCUT2D eigenvalue weighted by Gasteiger charge is 2.55. The second-order valence-corrected chi connectivity index (χ2v) is 16.9. The van der Waals surface area contributed by atoms with Crippen LogP contribution < -0.4 is 10.6 Å². The molecule has 3 aliphatic rings. The maximum Gasteiger partial charge on any atom is 0.407 e. The van der Waals surface area contributed by atoms with E-state index in [0.29, 0.717) is 18.9 Å². The molecule has 14 heteroatoms. The molecule has 0 unspecified atom stereocenters. The van der Waals surface area contributed by atoms with Crippen LogP contribution in [-0.4, -0.2) is 93.1 Å². The van der Waals surface area contributed by atoms with E-state index in [2.05, 4.69) is 32.4 Å². The number of ether oxygens (including phenoxy) is 2. The fourth-order valence-electron chi connectivity index (χ4n) is 8.77. The summed E-state index contributed by atoms with van der Waals surface area (Å²) in [5.41, 5.74) is 6.10. The van der Waals surface area contributed by atoms with Gasteiger partial charge >= 0.3 is 12.2 Å². The molecule has 4 heterocycles. The van der Waals surface area contributed by atoms with Crippen molar-refractivity contribution in [1.82, 2.24) is 40.4 Å². The van der Waals surface area contributed by atoms with Gasteiger partial charge in [0.2, 0.25) is 11.8 Å². The van der Waals surface area contributed by atoms with E-state index in [1.54, 1.807) is 6.20 Å². The molecule has 14 nitrogen and oxygen atoms in total. The molecule has 2 aromatic heterocycles. The lowest BCUT2D eigenvalue weighted by atomic mass is 9.92. The van der Waals surface area contributed by atoms with Gasteiger partial charge in [-0.15, -0.1) is 0 Å². The van der Waals surface area contributed by atoms with Gasteiger partial charge in [0.1, 0.15) is 23.7 Å². The smallest absolute Gasteiger partial charge is 0.407 e. The number of hydrogen-bond acceptors (Lipinski definition) is 8. The number of imidazole rings is 2. The molecular formula is C47H52N8O6. The first-order chi connectivity index (χ1) is 29.5. The predicted molar refractivity (Wildman–Crippen MR) is 229 cm³/mol. The summed E-state index contributed by atoms with van der Waals surface area (Å²) < 4.78 is 9.70. The molecule has 3 aromatic carbocycles. The molecule has 3 fully saturated rings. The second kappa shape index (κ2) is 17.2. The molecular weight excluding hydrogens is 773 g/mol. The number of H-pyrrole nitrogens is 2. The largest absolute Gasteiger partial charge is 0.453 e. The number of rotatable bonds is 10. The third-order valence-electron chi connectivity index (χ3n) is 12.5. The lowest BCUT2D eigenvalue weighted by Crippen LogP contribution is -2.51. The summed E-state index contributed by atoms with van der Waals surface area (Å²) in [7, 11) is 2.59. The van der Waals surface area contributed by atoms with E-state index < -0.39 is 24.3 Å². The second-order valence-electron chi connectivity index (χ2n) is 16.9. The highest BCUT2D eigenvalue weighted by atomic mass is 16.5. The summed E-state index contributed by atoms with van der Waals surface area (Å²) in [6.07, 6.45) is 5.05. The highest BCUT2D eigenvalue weighted by molar-refractivity contribution is 5.88. The molecule has 4 N–H and O–H groups in total. The SMILES string of the molecule is COC(=O)N[C@H](C(=O)N1CC2(CC2)C[C@H]1c1nc2ccc(C#Cc3ccc(-c4cnc([C@@H]5CCCN5C(=O)[C@@H](NC(=O)OC)[C@@H](C)c5ccccc5)[nH]4)cc3)cc2[nH]1)C(C)C. The van der Waals surface area contributed by atoms with Gasteiger partial charge in [0, 0.05) is 30.1 Å². The van der Waals surface area contributed by atoms with Crippen molar-refractivity contribution in [3.8, 4) is 23.1 Å². The number of nitrogens with one attached hydrogen (secondary N) is 4. The number of carbonyl (C=O) groups excluding carboxylic acids is 4. The van der Waals surface area contributed by atoms with Crippen molar-refractivity contribution in [3.63, 3.8) is 0 Å². The number of methoxy groups -OCH3 is 2. The van der Waals surface area contributed by atoms with Gasteiger partial charge in [-0.2, -0.15) is 0 Å². The molecule has 1 aliphatic carbocycles. The summed E-state index contributed by atoms with van der Waals surface area (Å²) in [4.78, 5) is 72.7. The molecule has 316 valence electrons. The Hall–Kier alpha value is -6.62. The number of hydrogen-bond donors (Lipinski definition) is 4. The zero-order valence-corrected chi connectivity index (χ0v) is 35.2. The summed E-state index contributed by atoms with van der Waals surface area (Å²) in [6, 6.07) is 21.5. The predicted octanol–water partition coefficient (Wildman–Crippen LogP) is 6.98. The number of aromatic nitrogens is 4. The van der Waals surface area contributed by atoms with E-state index in [1.165, 1.54) is 14.2 Å². The number of amides is 4. The van der Waals surface area contributed by atoms with Gasteiger partial charge in [0.15, 0.2) is 0 Å². The molecule has 8 rings (SSSR count). The van der Waals surface area contributed by atoms with Crippen molar-refractivity contribution < 1.29 is 28.7 Å². The van der Waals surface area contributed by atoms with Crippen molar-refractivity contribution in [3.05, 3.63) is 107 Å². The number of benzene rings is 3. The minimum Gasteiger partial charge on any atom is -0.453 e. The molecule has 5 aromatic rings. The fraction of sp³-hybridized carbons (Fsp3) is 0.404. The Bertz CT molecular complexity index is 2480. The summed E-state index contributed by atoms with van der Waals surface area (Å²) >= 11 is 0. The van der Waals surface area contributed by atoms with Gasteiger partial charge in [-0.3, -0.25) is 9.59 Å². The van der Waals surface area contributed by atoms with Crippen LogP contribution in [0.3, 0.4) is 0 Å². The minimum absolute atomic E-state index is 0.104. The van der Waals surface area contributed by atoms with Crippen LogP contribution in [0.2, 0.25) is 0 Å². The molecule has 2 saturated heterocycles. The fourth-order valence-corrected chi connectivity index (χ4v) is 8.77. The number of alkyl carbamates (subject to hydrolysis) is 2. The molecule has 5 atom stereocenters. The molecule has 1 spiro atoms. The van der Waals surface area contributed by atoms with Crippen LogP contribution in [0.25, 0.3) is 22.3 Å². The number of nitrogens with zero attached hydrogens (tertiary/aromatic N) is 4. The Morgan fingerprint density at radius 2 is 1.48 bits per heavy atom. The third kappa shape index (κ3) is 8.68. The number of likely N-dealkylation sites (tertiary alicyclic amines) is 2. The van der Waals surface area contributed by atoms with Gasteiger partial charge in [0.05, 0.1) is 49.2 Å². The van der Waals surface area contributed by atoms with Crippen LogP contribution in [-0.2, 0) is 19.1 Å². The van der Waals surface area contributed by atoms with Crippen LogP contribution >= 0.6 is 0 Å². The van der Waals surface area contributed by atoms with Crippen LogP contribution in [0.1, 0.15) is 99.2 Å². The topological polar surface area (TPSA) is 175 Å². The van der Waals surface area contributed by atoms with Crippen LogP contribution in [0.15, 0.2) is 79.0 Å². The van der Waals surface area contributed by atoms with Crippen LogP contribution in [0.4, 0.5) is 9.59 Å². The maximum atomic E-state index is 14.1. The average Bonchev–Trinajstić information content (AvgIpc) is 3.77. The van der Waals surface area contributed by atoms with E-state index in [4.69, 9.17) is 19.4 Å². The lowest BCUT2D eigenvalue weighted by Gasteiger charge is -2.31. The summed E-state index contributed by atoms with van der Waals surface area (Å²) in [5.74, 6) is 7.29. The minimum atomic E-state index is -0.811. The van der Waals surface area contributed by atoms with E-state index in [1.807, 2.05) is 103 Å². The molecule has 2 aliphatic heterocycles. The number of aromatic amines is 2. The van der Waals surface area contributed by atoms with Gasteiger partial charge in [0.25, 0.3) is 0 Å². The Morgan fingerprint density at radius 3 is 2.16 bits per heavy atom. The normalized spacial score (nSPS) is 19.2. The van der Waals surface area contributed by atoms with Gasteiger partial charge in [-0.1, -0.05) is 75.1 Å². The molecule has 0 bridgehead atoms. The molecule has 61 heavy (non-hydrogen) atoms. The number of fused-ring (bicyclic) bond motifs is 1. The summed E-state index contributed by atoms with van der Waals surface area (Å²) in [6.45, 7) is 6.96. The molecule has 0 radical (unpaired) electrons. The molecule has 4 amide bonds. The first kappa shape index (κ1) is 41.1. The number of carbonyl (C=O) groups is 4. The zero-order chi connectivity index (χ0) is 42.8. The van der Waals surface area contributed by atoms with Crippen LogP contribution in [0.5, 0.6) is 0 Å². The van der Waals surface area contributed by atoms with Crippen molar-refractivity contribution in [2.75, 3.05) is 27.3 Å². The van der Waals surface area contributed by atoms with E-state index in [-0.39, 0.29) is 41.1 Å². The van der Waals surface area contributed by atoms with Crippen molar-refractivity contribution in [2.45, 2.75) is 83.0 Å². The summed E-state index contributed by atoms with van der Waals surface area (Å²) in [5, 5.41) is 5.53. The Kier molecular flexibility index (Phi) is 11.6. The molecule has 1 saturated carbocycles. The average molecular weight is 825 g/mol. The lowest BCUT2D eigenvalue weighted by molar-refractivity contribution is -0.136. The Labute approximate surface area is 355 Å². The van der Waals surface area contributed by atoms with Gasteiger partial charge in [-0.05, 0) is 84.9 Å². The first-order valence-corrected chi connectivity index (χ1v) is 21.0. The van der Waals surface area contributed by atoms with Crippen molar-refractivity contribution in [1.29, 1.82) is 0 Å². The standard InChI is InChI=1S/C47H52N8O6/c1-28(2)39(52-45(58)60-4)43(56)55-27-47(21-22-47)25-38(55)42-49-34-20-17-31(24-35(34)50-42)14-13-30-15-18-33(19-16-30)36-26-48-41(51-36)37-12-9-23-54(37)44(57)40(53-46(59)61-5)29(3)32-10-7-6-8-11-32/h6-8,10-11,15-20,24,26,28-29,37-40H,9,12,21-23,25,27H2,1-5H3,(H,48,51)(H,49,50)(H,52,58)(H,53,59)/t29-,37-,38-,39-,40-/m0/s1.